The van der Waals surface area contributed by atoms with Gasteiger partial charge in [0.1, 0.15) is 5.78 Å². The van der Waals surface area contributed by atoms with Crippen LogP contribution in [0.2, 0.25) is 19.6 Å². The van der Waals surface area contributed by atoms with E-state index in [9.17, 15) is 4.79 Å². The molecule has 4 aliphatic carbocycles. The zero-order chi connectivity index (χ0) is 18.0. The quantitative estimate of drug-likeness (QED) is 0.579. The zero-order valence-electron chi connectivity index (χ0n) is 17.1. The first-order valence-electron chi connectivity index (χ1n) is 10.8. The van der Waals surface area contributed by atoms with Crippen molar-refractivity contribution in [2.75, 3.05) is 0 Å². The second-order valence-corrected chi connectivity index (χ2v) is 15.7. The highest BCUT2D eigenvalue weighted by atomic mass is 28.4. The first kappa shape index (κ1) is 18.2. The van der Waals surface area contributed by atoms with E-state index in [4.69, 9.17) is 4.43 Å². The predicted octanol–water partition coefficient (Wildman–Crippen LogP) is 5.82. The third kappa shape index (κ3) is 2.88. The van der Waals surface area contributed by atoms with Crippen molar-refractivity contribution in [3.63, 3.8) is 0 Å². The summed E-state index contributed by atoms with van der Waals surface area (Å²) in [4.78, 5) is 12.0. The van der Waals surface area contributed by atoms with Gasteiger partial charge in [0.05, 0.1) is 6.10 Å². The van der Waals surface area contributed by atoms with E-state index in [1.165, 1.54) is 38.5 Å². The average molecular weight is 363 g/mol. The Morgan fingerprint density at radius 1 is 0.920 bits per heavy atom. The molecule has 0 bridgehead atoms. The largest absolute Gasteiger partial charge is 0.414 e. The van der Waals surface area contributed by atoms with Gasteiger partial charge in [-0.1, -0.05) is 13.8 Å². The topological polar surface area (TPSA) is 26.3 Å². The molecular weight excluding hydrogens is 324 g/mol. The van der Waals surface area contributed by atoms with Crippen molar-refractivity contribution >= 4 is 14.1 Å². The van der Waals surface area contributed by atoms with E-state index in [0.29, 0.717) is 28.6 Å². The maximum Gasteiger partial charge on any atom is 0.184 e. The Labute approximate surface area is 155 Å². The molecule has 4 aliphatic rings. The Morgan fingerprint density at radius 2 is 1.64 bits per heavy atom. The molecule has 0 aromatic carbocycles. The Morgan fingerprint density at radius 3 is 2.36 bits per heavy atom. The van der Waals surface area contributed by atoms with Gasteiger partial charge in [0.15, 0.2) is 8.32 Å². The van der Waals surface area contributed by atoms with Gasteiger partial charge in [-0.05, 0) is 99.1 Å². The number of carbonyl (C=O) groups excluding carboxylic acids is 1. The molecule has 2 nitrogen and oxygen atoms in total. The summed E-state index contributed by atoms with van der Waals surface area (Å²) in [5.74, 6) is 3.83. The average Bonchev–Trinajstić information content (AvgIpc) is 2.83. The monoisotopic (exact) mass is 362 g/mol. The van der Waals surface area contributed by atoms with E-state index in [2.05, 4.69) is 33.5 Å². The van der Waals surface area contributed by atoms with Crippen LogP contribution in [0.3, 0.4) is 0 Å². The summed E-state index contributed by atoms with van der Waals surface area (Å²) in [5.41, 5.74) is 0.852. The molecule has 4 saturated carbocycles. The summed E-state index contributed by atoms with van der Waals surface area (Å²) < 4.78 is 6.69. The van der Waals surface area contributed by atoms with Crippen LogP contribution < -0.4 is 0 Å². The number of rotatable bonds is 2. The lowest BCUT2D eigenvalue weighted by molar-refractivity contribution is -0.141. The van der Waals surface area contributed by atoms with Crippen molar-refractivity contribution in [1.29, 1.82) is 0 Å². The summed E-state index contributed by atoms with van der Waals surface area (Å²) in [6.45, 7) is 12.2. The van der Waals surface area contributed by atoms with E-state index in [0.717, 1.165) is 37.0 Å². The third-order valence-electron chi connectivity index (χ3n) is 8.89. The fraction of sp³-hybridized carbons (Fsp3) is 0.955. The van der Waals surface area contributed by atoms with E-state index in [1.54, 1.807) is 0 Å². The van der Waals surface area contributed by atoms with Gasteiger partial charge in [-0.25, -0.2) is 0 Å². The van der Waals surface area contributed by atoms with Crippen LogP contribution in [0.15, 0.2) is 0 Å². The minimum atomic E-state index is -1.48. The molecule has 7 unspecified atom stereocenters. The van der Waals surface area contributed by atoms with Gasteiger partial charge in [-0.15, -0.1) is 0 Å². The number of Topliss-reactive ketones (excluding diaryl/α,β-unsaturated/α-hetero) is 1. The first-order valence-corrected chi connectivity index (χ1v) is 14.2. The van der Waals surface area contributed by atoms with Crippen molar-refractivity contribution < 1.29 is 9.22 Å². The second kappa shape index (κ2) is 5.92. The third-order valence-corrected chi connectivity index (χ3v) is 9.88. The van der Waals surface area contributed by atoms with Crippen LogP contribution in [0.25, 0.3) is 0 Å². The lowest BCUT2D eigenvalue weighted by Gasteiger charge is -2.60. The minimum absolute atomic E-state index is 0.412. The fourth-order valence-electron chi connectivity index (χ4n) is 7.62. The Balaban J connectivity index is 1.57. The smallest absolute Gasteiger partial charge is 0.184 e. The molecule has 142 valence electrons. The van der Waals surface area contributed by atoms with Gasteiger partial charge < -0.3 is 4.43 Å². The van der Waals surface area contributed by atoms with Crippen LogP contribution in [0.1, 0.15) is 71.6 Å². The molecular formula is C22H38O2Si. The summed E-state index contributed by atoms with van der Waals surface area (Å²) in [5, 5.41) is 0. The number of carbonyl (C=O) groups is 1. The van der Waals surface area contributed by atoms with E-state index in [1.807, 2.05) is 0 Å². The van der Waals surface area contributed by atoms with Crippen molar-refractivity contribution in [1.82, 2.24) is 0 Å². The van der Waals surface area contributed by atoms with Crippen molar-refractivity contribution in [3.8, 4) is 0 Å². The normalized spacial score (nSPS) is 50.1. The maximum absolute atomic E-state index is 12.0. The van der Waals surface area contributed by atoms with Crippen LogP contribution in [0.5, 0.6) is 0 Å². The lowest BCUT2D eigenvalue weighted by atomic mass is 9.45. The molecule has 0 amide bonds. The molecule has 0 aliphatic heterocycles. The van der Waals surface area contributed by atoms with Gasteiger partial charge >= 0.3 is 0 Å². The van der Waals surface area contributed by atoms with Crippen LogP contribution >= 0.6 is 0 Å². The van der Waals surface area contributed by atoms with E-state index in [-0.39, 0.29) is 0 Å². The number of fused-ring (bicyclic) bond motifs is 5. The molecule has 25 heavy (non-hydrogen) atoms. The predicted molar refractivity (Wildman–Crippen MR) is 105 cm³/mol. The highest BCUT2D eigenvalue weighted by molar-refractivity contribution is 6.69. The van der Waals surface area contributed by atoms with Crippen LogP contribution in [-0.2, 0) is 9.22 Å². The maximum atomic E-state index is 12.0. The molecule has 4 fully saturated rings. The summed E-state index contributed by atoms with van der Waals surface area (Å²) in [6, 6.07) is 0. The molecule has 7 atom stereocenters. The van der Waals surface area contributed by atoms with E-state index < -0.39 is 8.32 Å². The van der Waals surface area contributed by atoms with Crippen LogP contribution in [-0.4, -0.2) is 20.2 Å². The molecule has 4 rings (SSSR count). The molecule has 0 heterocycles. The molecule has 0 saturated heterocycles. The molecule has 0 spiro atoms. The SMILES string of the molecule is CC12CCC(=O)CC1CCC1C2CCC2(C)C(O[Si](C)(C)C)CCC12. The van der Waals surface area contributed by atoms with Gasteiger partial charge in [0.25, 0.3) is 0 Å². The fourth-order valence-corrected chi connectivity index (χ4v) is 8.86. The summed E-state index contributed by atoms with van der Waals surface area (Å²) in [6.07, 6.45) is 11.5. The van der Waals surface area contributed by atoms with Gasteiger partial charge in [0.2, 0.25) is 0 Å². The first-order chi connectivity index (χ1) is 11.6. The molecule has 0 N–H and O–H groups in total. The van der Waals surface area contributed by atoms with E-state index >= 15 is 0 Å². The molecule has 0 aromatic heterocycles. The van der Waals surface area contributed by atoms with Crippen LogP contribution in [0.4, 0.5) is 0 Å². The Hall–Kier alpha value is -0.153. The van der Waals surface area contributed by atoms with Gasteiger partial charge in [0, 0.05) is 12.8 Å². The lowest BCUT2D eigenvalue weighted by Crippen LogP contribution is -2.54. The Bertz CT molecular complexity index is 553. The number of hydrogen-bond acceptors (Lipinski definition) is 2. The minimum Gasteiger partial charge on any atom is -0.414 e. The highest BCUT2D eigenvalue weighted by Gasteiger charge is 2.60. The van der Waals surface area contributed by atoms with Gasteiger partial charge in [-0.3, -0.25) is 4.79 Å². The summed E-state index contributed by atoms with van der Waals surface area (Å²) in [7, 11) is -1.48. The van der Waals surface area contributed by atoms with Crippen molar-refractivity contribution in [3.05, 3.63) is 0 Å². The number of ketones is 1. The number of hydrogen-bond donors (Lipinski definition) is 0. The van der Waals surface area contributed by atoms with Crippen molar-refractivity contribution in [2.45, 2.75) is 97.4 Å². The summed E-state index contributed by atoms with van der Waals surface area (Å²) >= 11 is 0. The molecule has 0 aromatic rings. The second-order valence-electron chi connectivity index (χ2n) is 11.2. The zero-order valence-corrected chi connectivity index (χ0v) is 18.1. The van der Waals surface area contributed by atoms with Crippen LogP contribution in [0, 0.1) is 34.5 Å². The van der Waals surface area contributed by atoms with Gasteiger partial charge in [-0.2, -0.15) is 0 Å². The molecule has 0 radical (unpaired) electrons. The molecule has 3 heteroatoms. The standard InChI is InChI=1S/C22H38O2Si/c1-21-12-10-16(23)14-15(21)6-7-17-18-8-9-20(24-25(3,4)5)22(18,2)13-11-19(17)21/h15,17-20H,6-14H2,1-5H3. The van der Waals surface area contributed by atoms with Crippen molar-refractivity contribution in [2.24, 2.45) is 34.5 Å². The highest BCUT2D eigenvalue weighted by Crippen LogP contribution is 2.66. The Kier molecular flexibility index (Phi) is 4.32.